The third-order valence-electron chi connectivity index (χ3n) is 5.10. The van der Waals surface area contributed by atoms with Crippen molar-refractivity contribution in [2.75, 3.05) is 6.61 Å². The molecule has 0 aliphatic heterocycles. The number of oxime groups is 1. The Hall–Kier alpha value is -1.42. The molecule has 0 aromatic carbocycles. The summed E-state index contributed by atoms with van der Waals surface area (Å²) in [6.45, 7) is 2.40. The van der Waals surface area contributed by atoms with Crippen LogP contribution in [0.5, 0.6) is 0 Å². The summed E-state index contributed by atoms with van der Waals surface area (Å²) < 4.78 is 0. The lowest BCUT2D eigenvalue weighted by atomic mass is 9.60. The van der Waals surface area contributed by atoms with E-state index < -0.39 is 0 Å². The number of aliphatic hydroxyl groups excluding tert-OH is 1. The van der Waals surface area contributed by atoms with Gasteiger partial charge in [0.25, 0.3) is 0 Å². The molecule has 2 aliphatic carbocycles. The van der Waals surface area contributed by atoms with Gasteiger partial charge in [-0.25, -0.2) is 0 Å². The summed E-state index contributed by atoms with van der Waals surface area (Å²) >= 11 is 0. The minimum Gasteiger partial charge on any atom is -0.411 e. The molecule has 108 valence electrons. The first-order valence-corrected chi connectivity index (χ1v) is 7.49. The number of nitrogens with zero attached hydrogens (tertiary/aromatic N) is 2. The first kappa shape index (κ1) is 13.6. The van der Waals surface area contributed by atoms with E-state index in [0.29, 0.717) is 11.8 Å². The van der Waals surface area contributed by atoms with Crippen LogP contribution in [0.15, 0.2) is 23.5 Å². The molecule has 1 heterocycles. The monoisotopic (exact) mass is 274 g/mol. The summed E-state index contributed by atoms with van der Waals surface area (Å²) in [6.07, 6.45) is 6.37. The number of pyridine rings is 1. The Bertz CT molecular complexity index is 529. The summed E-state index contributed by atoms with van der Waals surface area (Å²) in [6, 6.07) is 4.09. The van der Waals surface area contributed by atoms with Gasteiger partial charge in [-0.05, 0) is 55.6 Å². The topological polar surface area (TPSA) is 65.7 Å². The minimum atomic E-state index is -0.201. The van der Waals surface area contributed by atoms with Crippen molar-refractivity contribution < 1.29 is 10.3 Å². The lowest BCUT2D eigenvalue weighted by molar-refractivity contribution is 0.217. The zero-order valence-electron chi connectivity index (χ0n) is 11.9. The van der Waals surface area contributed by atoms with Crippen molar-refractivity contribution in [2.24, 2.45) is 17.0 Å². The van der Waals surface area contributed by atoms with Gasteiger partial charge in [0, 0.05) is 23.9 Å². The van der Waals surface area contributed by atoms with E-state index in [1.54, 1.807) is 0 Å². The fraction of sp³-hybridized carbons (Fsp3) is 0.625. The van der Waals surface area contributed by atoms with Crippen molar-refractivity contribution in [3.63, 3.8) is 0 Å². The van der Waals surface area contributed by atoms with Gasteiger partial charge >= 0.3 is 0 Å². The largest absolute Gasteiger partial charge is 0.411 e. The molecule has 1 saturated carbocycles. The molecule has 1 aromatic rings. The van der Waals surface area contributed by atoms with Crippen molar-refractivity contribution in [1.82, 2.24) is 4.98 Å². The van der Waals surface area contributed by atoms with Gasteiger partial charge in [0.05, 0.1) is 5.71 Å². The zero-order valence-corrected chi connectivity index (χ0v) is 11.9. The average molecular weight is 274 g/mol. The Labute approximate surface area is 119 Å². The summed E-state index contributed by atoms with van der Waals surface area (Å²) in [5.41, 5.74) is 3.05. The second kappa shape index (κ2) is 5.17. The molecule has 2 aliphatic rings. The van der Waals surface area contributed by atoms with Crippen LogP contribution in [0.4, 0.5) is 0 Å². The first-order valence-electron chi connectivity index (χ1n) is 7.49. The average Bonchev–Trinajstić information content (AvgIpc) is 2.78. The summed E-state index contributed by atoms with van der Waals surface area (Å²) in [4.78, 5) is 4.53. The smallest absolute Gasteiger partial charge is 0.0682 e. The highest BCUT2D eigenvalue weighted by Crippen LogP contribution is 2.53. The van der Waals surface area contributed by atoms with E-state index in [2.05, 4.69) is 23.1 Å². The van der Waals surface area contributed by atoms with Gasteiger partial charge in [-0.1, -0.05) is 18.1 Å². The third-order valence-corrected chi connectivity index (χ3v) is 5.10. The van der Waals surface area contributed by atoms with E-state index in [1.807, 2.05) is 12.3 Å². The maximum atomic E-state index is 9.55. The number of aliphatic hydroxyl groups is 1. The molecule has 1 fully saturated rings. The fourth-order valence-corrected chi connectivity index (χ4v) is 4.36. The van der Waals surface area contributed by atoms with Gasteiger partial charge in [0.1, 0.15) is 0 Å². The van der Waals surface area contributed by atoms with Crippen LogP contribution in [0.1, 0.15) is 43.9 Å². The molecule has 4 heteroatoms. The molecule has 2 N–H and O–H groups in total. The van der Waals surface area contributed by atoms with Crippen LogP contribution in [0.25, 0.3) is 0 Å². The Kier molecular flexibility index (Phi) is 3.50. The standard InChI is InChI=1S/C16H22N2O2/c1-11-8-12-10-14-13(4-2-6-17-14)16(12,5-3-7-19)15(9-11)18-20/h2,4,6,11-12,19-20H,3,5,7-10H2,1H3/b18-15+/t11-,12+,16+/m1/s1. The Morgan fingerprint density at radius 2 is 2.30 bits per heavy atom. The van der Waals surface area contributed by atoms with E-state index in [-0.39, 0.29) is 12.0 Å². The molecular formula is C16H22N2O2. The van der Waals surface area contributed by atoms with E-state index in [9.17, 15) is 10.3 Å². The second-order valence-electron chi connectivity index (χ2n) is 6.29. The molecule has 0 unspecified atom stereocenters. The van der Waals surface area contributed by atoms with Gasteiger partial charge in [0.2, 0.25) is 0 Å². The molecule has 0 bridgehead atoms. The maximum Gasteiger partial charge on any atom is 0.0682 e. The van der Waals surface area contributed by atoms with E-state index >= 15 is 0 Å². The molecule has 3 atom stereocenters. The lowest BCUT2D eigenvalue weighted by Gasteiger charge is -2.43. The molecule has 0 spiro atoms. The SMILES string of the molecule is C[C@H]1C/C(=N\O)[C@]2(CCCO)c3cccnc3C[C@@H]2C1. The normalized spacial score (nSPS) is 34.0. The lowest BCUT2D eigenvalue weighted by Crippen LogP contribution is -2.45. The predicted molar refractivity (Wildman–Crippen MR) is 77.0 cm³/mol. The molecule has 1 aromatic heterocycles. The Balaban J connectivity index is 2.11. The van der Waals surface area contributed by atoms with Gasteiger partial charge in [-0.15, -0.1) is 0 Å². The number of hydrogen-bond donors (Lipinski definition) is 2. The van der Waals surface area contributed by atoms with Crippen molar-refractivity contribution in [1.29, 1.82) is 0 Å². The van der Waals surface area contributed by atoms with Gasteiger partial charge in [-0.3, -0.25) is 4.98 Å². The van der Waals surface area contributed by atoms with E-state index in [1.165, 1.54) is 5.56 Å². The van der Waals surface area contributed by atoms with E-state index in [0.717, 1.165) is 43.5 Å². The van der Waals surface area contributed by atoms with Crippen molar-refractivity contribution in [3.05, 3.63) is 29.6 Å². The Morgan fingerprint density at radius 1 is 1.45 bits per heavy atom. The van der Waals surface area contributed by atoms with Gasteiger partial charge in [-0.2, -0.15) is 0 Å². The van der Waals surface area contributed by atoms with Crippen LogP contribution in [0.3, 0.4) is 0 Å². The molecule has 3 rings (SSSR count). The van der Waals surface area contributed by atoms with Gasteiger partial charge < -0.3 is 10.3 Å². The zero-order chi connectivity index (χ0) is 14.2. The number of rotatable bonds is 3. The van der Waals surface area contributed by atoms with Crippen LogP contribution in [0, 0.1) is 11.8 Å². The number of hydrogen-bond acceptors (Lipinski definition) is 4. The summed E-state index contributed by atoms with van der Waals surface area (Å²) in [5, 5.41) is 22.5. The fourth-order valence-electron chi connectivity index (χ4n) is 4.36. The van der Waals surface area contributed by atoms with Crippen molar-refractivity contribution >= 4 is 5.71 Å². The quantitative estimate of drug-likeness (QED) is 0.657. The highest BCUT2D eigenvalue weighted by Gasteiger charge is 2.53. The predicted octanol–water partition coefficient (Wildman–Crippen LogP) is 2.52. The van der Waals surface area contributed by atoms with Crippen LogP contribution in [0.2, 0.25) is 0 Å². The van der Waals surface area contributed by atoms with Crippen molar-refractivity contribution in [2.45, 2.75) is 44.4 Å². The van der Waals surface area contributed by atoms with Gasteiger partial charge in [0.15, 0.2) is 0 Å². The third kappa shape index (κ3) is 1.85. The molecular weight excluding hydrogens is 252 g/mol. The molecule has 4 nitrogen and oxygen atoms in total. The van der Waals surface area contributed by atoms with Crippen LogP contribution in [-0.4, -0.2) is 27.6 Å². The Morgan fingerprint density at radius 3 is 3.05 bits per heavy atom. The minimum absolute atomic E-state index is 0.179. The molecule has 0 radical (unpaired) electrons. The van der Waals surface area contributed by atoms with Crippen LogP contribution < -0.4 is 0 Å². The molecule has 20 heavy (non-hydrogen) atoms. The summed E-state index contributed by atoms with van der Waals surface area (Å²) in [5.74, 6) is 0.996. The highest BCUT2D eigenvalue weighted by atomic mass is 16.4. The second-order valence-corrected chi connectivity index (χ2v) is 6.29. The number of aromatic nitrogens is 1. The van der Waals surface area contributed by atoms with Crippen LogP contribution in [-0.2, 0) is 11.8 Å². The number of fused-ring (bicyclic) bond motifs is 3. The highest BCUT2D eigenvalue weighted by molar-refractivity contribution is 5.97. The maximum absolute atomic E-state index is 9.55. The van der Waals surface area contributed by atoms with E-state index in [4.69, 9.17) is 0 Å². The summed E-state index contributed by atoms with van der Waals surface area (Å²) in [7, 11) is 0. The van der Waals surface area contributed by atoms with Crippen LogP contribution >= 0.6 is 0 Å². The molecule has 0 saturated heterocycles. The van der Waals surface area contributed by atoms with Crippen molar-refractivity contribution in [3.8, 4) is 0 Å². The molecule has 0 amide bonds. The first-order chi connectivity index (χ1) is 9.72.